The number of H-pyrrole nitrogens is 1. The van der Waals surface area contributed by atoms with E-state index < -0.39 is 0 Å². The molecule has 1 fully saturated rings. The molecular formula is C15H14N2O. The molecule has 1 saturated heterocycles. The molecule has 4 rings (SSSR count). The van der Waals surface area contributed by atoms with E-state index in [2.05, 4.69) is 40.6 Å². The summed E-state index contributed by atoms with van der Waals surface area (Å²) in [6.07, 6.45) is 4.02. The zero-order valence-corrected chi connectivity index (χ0v) is 9.99. The highest BCUT2D eigenvalue weighted by atomic mass is 16.1. The van der Waals surface area contributed by atoms with Gasteiger partial charge in [0.25, 0.3) is 0 Å². The molecule has 0 unspecified atom stereocenters. The monoisotopic (exact) mass is 238 g/mol. The van der Waals surface area contributed by atoms with Gasteiger partial charge in [0.2, 0.25) is 0 Å². The molecule has 0 radical (unpaired) electrons. The molecule has 0 amide bonds. The van der Waals surface area contributed by atoms with Gasteiger partial charge in [0.05, 0.1) is 0 Å². The van der Waals surface area contributed by atoms with E-state index >= 15 is 0 Å². The van der Waals surface area contributed by atoms with Crippen molar-refractivity contribution in [2.24, 2.45) is 0 Å². The third kappa shape index (κ3) is 1.26. The highest BCUT2D eigenvalue weighted by molar-refractivity contribution is 5.88. The molecule has 90 valence electrons. The van der Waals surface area contributed by atoms with Gasteiger partial charge in [-0.05, 0) is 30.0 Å². The minimum Gasteiger partial charge on any atom is -0.361 e. The second-order valence-corrected chi connectivity index (χ2v) is 5.29. The van der Waals surface area contributed by atoms with E-state index in [1.165, 1.54) is 22.0 Å². The first kappa shape index (κ1) is 10.1. The number of rotatable bonds is 0. The van der Waals surface area contributed by atoms with Gasteiger partial charge in [-0.15, -0.1) is 0 Å². The Morgan fingerprint density at radius 3 is 3.11 bits per heavy atom. The first-order valence-corrected chi connectivity index (χ1v) is 6.42. The number of nitrogens with one attached hydrogen (secondary N) is 2. The fraction of sp³-hybridized carbons (Fsp3) is 0.333. The number of carbonyl (C=O) groups excluding carboxylic acids is 1. The van der Waals surface area contributed by atoms with Crippen molar-refractivity contribution < 1.29 is 4.79 Å². The van der Waals surface area contributed by atoms with Gasteiger partial charge in [0.1, 0.15) is 5.94 Å². The Balaban J connectivity index is 1.92. The average Bonchev–Trinajstić information content (AvgIpc) is 2.83. The van der Waals surface area contributed by atoms with Gasteiger partial charge in [-0.1, -0.05) is 12.1 Å². The average molecular weight is 238 g/mol. The molecule has 2 aliphatic rings. The molecule has 18 heavy (non-hydrogen) atoms. The zero-order chi connectivity index (χ0) is 12.1. The van der Waals surface area contributed by atoms with Gasteiger partial charge in [0, 0.05) is 41.2 Å². The topological polar surface area (TPSA) is 44.9 Å². The number of piperidine rings is 1. The van der Waals surface area contributed by atoms with Crippen LogP contribution in [0.15, 0.2) is 30.0 Å². The van der Waals surface area contributed by atoms with Crippen molar-refractivity contribution >= 4 is 16.8 Å². The Morgan fingerprint density at radius 1 is 1.28 bits per heavy atom. The van der Waals surface area contributed by atoms with Crippen molar-refractivity contribution in [3.05, 3.63) is 41.1 Å². The van der Waals surface area contributed by atoms with Gasteiger partial charge in [-0.2, -0.15) is 0 Å². The van der Waals surface area contributed by atoms with Crippen LogP contribution >= 0.6 is 0 Å². The Morgan fingerprint density at radius 2 is 2.22 bits per heavy atom. The van der Waals surface area contributed by atoms with Crippen molar-refractivity contribution in [1.82, 2.24) is 10.3 Å². The molecule has 1 aromatic heterocycles. The predicted molar refractivity (Wildman–Crippen MR) is 70.4 cm³/mol. The third-order valence-corrected chi connectivity index (χ3v) is 4.33. The van der Waals surface area contributed by atoms with E-state index in [1.807, 2.05) is 0 Å². The number of hydrogen-bond donors (Lipinski definition) is 2. The lowest BCUT2D eigenvalue weighted by Gasteiger charge is -2.36. The van der Waals surface area contributed by atoms with Crippen LogP contribution in [0.1, 0.15) is 23.5 Å². The molecular weight excluding hydrogens is 224 g/mol. The fourth-order valence-electron chi connectivity index (χ4n) is 3.49. The van der Waals surface area contributed by atoms with Crippen molar-refractivity contribution in [2.45, 2.75) is 24.8 Å². The summed E-state index contributed by atoms with van der Waals surface area (Å²) in [7, 11) is 0. The Labute approximate surface area is 105 Å². The fourth-order valence-corrected chi connectivity index (χ4v) is 3.49. The largest absolute Gasteiger partial charge is 0.361 e. The molecule has 3 heteroatoms. The summed E-state index contributed by atoms with van der Waals surface area (Å²) in [5.41, 5.74) is 4.85. The van der Waals surface area contributed by atoms with Crippen molar-refractivity contribution in [1.29, 1.82) is 0 Å². The maximum atomic E-state index is 10.9. The van der Waals surface area contributed by atoms with Gasteiger partial charge in [-0.3, -0.25) is 0 Å². The molecule has 2 atom stereocenters. The maximum absolute atomic E-state index is 10.9. The number of hydrogen-bond acceptors (Lipinski definition) is 2. The van der Waals surface area contributed by atoms with Crippen LogP contribution in [-0.2, 0) is 11.2 Å². The standard InChI is InChI=1S/C15H14N2O/c18-8-9-4-12-11-2-1-3-13-15(11)10(7-17-13)5-14(12)16-6-9/h1-3,7,12,14,16-17H,4-6H2/t12-,14-/m1/s1. The van der Waals surface area contributed by atoms with Crippen LogP contribution in [0.2, 0.25) is 0 Å². The summed E-state index contributed by atoms with van der Waals surface area (Å²) in [6.45, 7) is 0.695. The normalized spacial score (nSPS) is 25.9. The van der Waals surface area contributed by atoms with Gasteiger partial charge < -0.3 is 10.3 Å². The quantitative estimate of drug-likeness (QED) is 0.689. The van der Waals surface area contributed by atoms with Crippen molar-refractivity contribution in [3.8, 4) is 0 Å². The van der Waals surface area contributed by atoms with E-state index in [-0.39, 0.29) is 0 Å². The van der Waals surface area contributed by atoms with Gasteiger partial charge >= 0.3 is 0 Å². The summed E-state index contributed by atoms with van der Waals surface area (Å²) < 4.78 is 0. The second kappa shape index (κ2) is 3.58. The zero-order valence-electron chi connectivity index (χ0n) is 9.99. The minimum absolute atomic E-state index is 0.419. The maximum Gasteiger partial charge on any atom is 0.124 e. The van der Waals surface area contributed by atoms with Crippen LogP contribution in [0.4, 0.5) is 0 Å². The molecule has 0 saturated carbocycles. The first-order valence-electron chi connectivity index (χ1n) is 6.42. The summed E-state index contributed by atoms with van der Waals surface area (Å²) in [6, 6.07) is 6.87. The molecule has 3 nitrogen and oxygen atoms in total. The Bertz CT molecular complexity index is 679. The third-order valence-electron chi connectivity index (χ3n) is 4.33. The first-order chi connectivity index (χ1) is 8.86. The summed E-state index contributed by atoms with van der Waals surface area (Å²) in [5.74, 6) is 2.50. The van der Waals surface area contributed by atoms with Crippen molar-refractivity contribution in [3.63, 3.8) is 0 Å². The molecule has 1 aromatic carbocycles. The van der Waals surface area contributed by atoms with Crippen LogP contribution in [-0.4, -0.2) is 23.5 Å². The summed E-state index contributed by atoms with van der Waals surface area (Å²) in [5, 5.41) is 4.85. The van der Waals surface area contributed by atoms with Crippen LogP contribution in [0.25, 0.3) is 10.9 Å². The lowest BCUT2D eigenvalue weighted by atomic mass is 9.75. The highest BCUT2D eigenvalue weighted by Gasteiger charge is 2.34. The smallest absolute Gasteiger partial charge is 0.124 e. The summed E-state index contributed by atoms with van der Waals surface area (Å²) in [4.78, 5) is 14.2. The molecule has 2 heterocycles. The second-order valence-electron chi connectivity index (χ2n) is 5.29. The van der Waals surface area contributed by atoms with E-state index in [0.717, 1.165) is 18.4 Å². The van der Waals surface area contributed by atoms with Crippen LogP contribution < -0.4 is 5.32 Å². The van der Waals surface area contributed by atoms with Crippen LogP contribution in [0.5, 0.6) is 0 Å². The number of aromatic amines is 1. The lowest BCUT2D eigenvalue weighted by molar-refractivity contribution is 0.393. The van der Waals surface area contributed by atoms with Gasteiger partial charge in [-0.25, -0.2) is 4.79 Å². The van der Waals surface area contributed by atoms with E-state index in [9.17, 15) is 4.79 Å². The van der Waals surface area contributed by atoms with Crippen LogP contribution in [0.3, 0.4) is 0 Å². The number of benzene rings is 1. The molecule has 1 aliphatic carbocycles. The molecule has 2 aromatic rings. The number of aromatic nitrogens is 1. The SMILES string of the molecule is O=C=C1CN[C@@H]2Cc3c[nH]c4cccc(c34)[C@H]2C1. The molecule has 0 spiro atoms. The number of fused-ring (bicyclic) bond motifs is 2. The van der Waals surface area contributed by atoms with Crippen LogP contribution in [0, 0.1) is 0 Å². The Hall–Kier alpha value is -1.83. The van der Waals surface area contributed by atoms with E-state index in [4.69, 9.17) is 0 Å². The summed E-state index contributed by atoms with van der Waals surface area (Å²) >= 11 is 0. The highest BCUT2D eigenvalue weighted by Crippen LogP contribution is 2.41. The Kier molecular flexibility index (Phi) is 2.01. The minimum atomic E-state index is 0.419. The molecule has 1 aliphatic heterocycles. The lowest BCUT2D eigenvalue weighted by Crippen LogP contribution is -2.44. The van der Waals surface area contributed by atoms with E-state index in [0.29, 0.717) is 18.5 Å². The molecule has 0 bridgehead atoms. The predicted octanol–water partition coefficient (Wildman–Crippen LogP) is 1.93. The van der Waals surface area contributed by atoms with Crippen molar-refractivity contribution in [2.75, 3.05) is 6.54 Å². The molecule has 2 N–H and O–H groups in total. The van der Waals surface area contributed by atoms with Gasteiger partial charge in [0.15, 0.2) is 0 Å². The van der Waals surface area contributed by atoms with E-state index in [1.54, 1.807) is 0 Å².